The summed E-state index contributed by atoms with van der Waals surface area (Å²) in [6.07, 6.45) is 6.15. The van der Waals surface area contributed by atoms with Gasteiger partial charge in [-0.05, 0) is 12.1 Å². The van der Waals surface area contributed by atoms with Crippen LogP contribution < -0.4 is 0 Å². The molecule has 3 heterocycles. The number of pyridine rings is 1. The summed E-state index contributed by atoms with van der Waals surface area (Å²) in [7, 11) is 0. The molecule has 3 aromatic heterocycles. The monoisotopic (exact) mass is 186 g/mol. The topological polar surface area (TPSA) is 38.7 Å². The van der Waals surface area contributed by atoms with Crippen LogP contribution in [0.15, 0.2) is 24.5 Å². The Kier molecular flexibility index (Phi) is 1.31. The largest absolute Gasteiger partial charge is 0.245 e. The molecule has 3 aromatic rings. The Labute approximate surface area is 78.1 Å². The van der Waals surface area contributed by atoms with Crippen LogP contribution in [0.5, 0.6) is 0 Å². The van der Waals surface area contributed by atoms with Gasteiger partial charge < -0.3 is 0 Å². The van der Waals surface area contributed by atoms with Crippen molar-refractivity contribution >= 4 is 31.8 Å². The lowest BCUT2D eigenvalue weighted by atomic mass is 10.3. The third kappa shape index (κ3) is 0.922. The molecule has 0 saturated carbocycles. The minimum atomic E-state index is 0.947. The third-order valence-electron chi connectivity index (χ3n) is 1.87. The van der Waals surface area contributed by atoms with E-state index in [-0.39, 0.29) is 0 Å². The molecule has 0 N–H and O–H groups in total. The molecule has 0 bridgehead atoms. The Morgan fingerprint density at radius 3 is 3.38 bits per heavy atom. The molecule has 3 rings (SSSR count). The van der Waals surface area contributed by atoms with Crippen molar-refractivity contribution in [3.8, 4) is 0 Å². The molecule has 0 aliphatic rings. The van der Waals surface area contributed by atoms with Gasteiger partial charge in [0.05, 0.1) is 10.2 Å². The van der Waals surface area contributed by atoms with Crippen molar-refractivity contribution in [1.29, 1.82) is 0 Å². The summed E-state index contributed by atoms with van der Waals surface area (Å²) in [6, 6.07) is 3.93. The van der Waals surface area contributed by atoms with Crippen molar-refractivity contribution in [1.82, 2.24) is 15.0 Å². The van der Waals surface area contributed by atoms with E-state index in [1.54, 1.807) is 23.7 Å². The van der Waals surface area contributed by atoms with Crippen LogP contribution in [0.2, 0.25) is 0 Å². The standard InChI is InChI=1S/C9H4N3S/c1-2-6-8-7(4-10-5-12-8)13-9(6)11-3-1/h1-4H. The first kappa shape index (κ1) is 6.91. The predicted molar refractivity (Wildman–Crippen MR) is 51.6 cm³/mol. The van der Waals surface area contributed by atoms with E-state index >= 15 is 0 Å². The van der Waals surface area contributed by atoms with Crippen molar-refractivity contribution in [2.45, 2.75) is 0 Å². The molecule has 4 heteroatoms. The van der Waals surface area contributed by atoms with Crippen LogP contribution in [0.25, 0.3) is 20.4 Å². The Bertz CT molecular complexity index is 523. The van der Waals surface area contributed by atoms with Crippen LogP contribution in [0, 0.1) is 6.33 Å². The highest BCUT2D eigenvalue weighted by atomic mass is 32.1. The van der Waals surface area contributed by atoms with Crippen LogP contribution in [-0.2, 0) is 0 Å². The SMILES string of the molecule is [c]1ncc2sc3ncccc3c2n1. The maximum absolute atomic E-state index is 4.26. The summed E-state index contributed by atoms with van der Waals surface area (Å²) in [5.41, 5.74) is 0.947. The smallest absolute Gasteiger partial charge is 0.198 e. The molecule has 0 amide bonds. The number of aromatic nitrogens is 3. The second-order valence-electron chi connectivity index (χ2n) is 2.64. The highest BCUT2D eigenvalue weighted by Crippen LogP contribution is 2.29. The van der Waals surface area contributed by atoms with E-state index in [1.165, 1.54) is 0 Å². The van der Waals surface area contributed by atoms with Crippen molar-refractivity contribution in [2.24, 2.45) is 0 Å². The van der Waals surface area contributed by atoms with Crippen molar-refractivity contribution in [3.63, 3.8) is 0 Å². The zero-order valence-electron chi connectivity index (χ0n) is 6.56. The number of hydrogen-bond acceptors (Lipinski definition) is 4. The maximum atomic E-state index is 4.26. The Balaban J connectivity index is 2.64. The predicted octanol–water partition coefficient (Wildman–Crippen LogP) is 2.04. The zero-order valence-corrected chi connectivity index (χ0v) is 7.38. The number of nitrogens with zero attached hydrogens (tertiary/aromatic N) is 3. The van der Waals surface area contributed by atoms with Gasteiger partial charge >= 0.3 is 0 Å². The lowest BCUT2D eigenvalue weighted by Crippen LogP contribution is -1.76. The van der Waals surface area contributed by atoms with Crippen molar-refractivity contribution < 1.29 is 0 Å². The average molecular weight is 186 g/mol. The lowest BCUT2D eigenvalue weighted by molar-refractivity contribution is 1.21. The molecule has 0 aliphatic carbocycles. The zero-order chi connectivity index (χ0) is 8.67. The van der Waals surface area contributed by atoms with Crippen LogP contribution >= 0.6 is 11.3 Å². The van der Waals surface area contributed by atoms with Gasteiger partial charge in [0, 0.05) is 17.8 Å². The first-order valence-electron chi connectivity index (χ1n) is 3.81. The van der Waals surface area contributed by atoms with Crippen LogP contribution in [0.4, 0.5) is 0 Å². The van der Waals surface area contributed by atoms with Gasteiger partial charge in [-0.2, -0.15) is 0 Å². The van der Waals surface area contributed by atoms with Gasteiger partial charge in [-0.1, -0.05) is 0 Å². The summed E-state index contributed by atoms with van der Waals surface area (Å²) in [5, 5.41) is 1.08. The molecule has 0 aliphatic heterocycles. The summed E-state index contributed by atoms with van der Waals surface area (Å²) in [5.74, 6) is 0. The van der Waals surface area contributed by atoms with Gasteiger partial charge in [0.25, 0.3) is 0 Å². The van der Waals surface area contributed by atoms with Crippen LogP contribution in [0.1, 0.15) is 0 Å². The summed E-state index contributed by atoms with van der Waals surface area (Å²) in [6.45, 7) is 0. The van der Waals surface area contributed by atoms with E-state index in [0.29, 0.717) is 0 Å². The second kappa shape index (κ2) is 2.47. The fourth-order valence-corrected chi connectivity index (χ4v) is 2.26. The summed E-state index contributed by atoms with van der Waals surface area (Å²) >= 11 is 1.61. The maximum Gasteiger partial charge on any atom is 0.198 e. The van der Waals surface area contributed by atoms with Crippen LogP contribution in [-0.4, -0.2) is 15.0 Å². The van der Waals surface area contributed by atoms with Gasteiger partial charge in [-0.3, -0.25) is 0 Å². The number of hydrogen-bond donors (Lipinski definition) is 0. The molecule has 0 unspecified atom stereocenters. The fraction of sp³-hybridized carbons (Fsp3) is 0. The molecular weight excluding hydrogens is 182 g/mol. The van der Waals surface area contributed by atoms with E-state index in [9.17, 15) is 0 Å². The van der Waals surface area contributed by atoms with Gasteiger partial charge in [-0.25, -0.2) is 15.0 Å². The highest BCUT2D eigenvalue weighted by molar-refractivity contribution is 7.25. The molecule has 13 heavy (non-hydrogen) atoms. The molecule has 0 atom stereocenters. The van der Waals surface area contributed by atoms with Gasteiger partial charge in [0.15, 0.2) is 6.33 Å². The Hall–Kier alpha value is -1.55. The fourth-order valence-electron chi connectivity index (χ4n) is 1.31. The molecule has 3 nitrogen and oxygen atoms in total. The average Bonchev–Trinajstić information content (AvgIpc) is 2.56. The van der Waals surface area contributed by atoms with Gasteiger partial charge in [-0.15, -0.1) is 11.3 Å². The normalized spacial score (nSPS) is 11.1. The van der Waals surface area contributed by atoms with E-state index < -0.39 is 0 Å². The molecule has 0 fully saturated rings. The molecule has 1 radical (unpaired) electrons. The molecule has 61 valence electrons. The number of thiophene rings is 1. The Morgan fingerprint density at radius 2 is 2.38 bits per heavy atom. The first-order valence-corrected chi connectivity index (χ1v) is 4.63. The minimum absolute atomic E-state index is 0.947. The third-order valence-corrected chi connectivity index (χ3v) is 2.90. The second-order valence-corrected chi connectivity index (χ2v) is 3.67. The first-order chi connectivity index (χ1) is 6.45. The summed E-state index contributed by atoms with van der Waals surface area (Å²) in [4.78, 5) is 13.2. The molecule has 0 spiro atoms. The molecular formula is C9H4N3S. The van der Waals surface area contributed by atoms with E-state index in [2.05, 4.69) is 21.3 Å². The van der Waals surface area contributed by atoms with Crippen molar-refractivity contribution in [3.05, 3.63) is 30.9 Å². The van der Waals surface area contributed by atoms with Gasteiger partial charge in [0.1, 0.15) is 4.83 Å². The summed E-state index contributed by atoms with van der Waals surface area (Å²) < 4.78 is 1.06. The van der Waals surface area contributed by atoms with E-state index in [0.717, 1.165) is 20.4 Å². The lowest BCUT2D eigenvalue weighted by Gasteiger charge is -1.85. The van der Waals surface area contributed by atoms with Gasteiger partial charge in [0.2, 0.25) is 0 Å². The van der Waals surface area contributed by atoms with E-state index in [4.69, 9.17) is 0 Å². The molecule has 0 aromatic carbocycles. The minimum Gasteiger partial charge on any atom is -0.245 e. The quantitative estimate of drug-likeness (QED) is 0.539. The number of rotatable bonds is 0. The Morgan fingerprint density at radius 1 is 1.38 bits per heavy atom. The van der Waals surface area contributed by atoms with E-state index in [1.807, 2.05) is 12.1 Å². The van der Waals surface area contributed by atoms with Crippen LogP contribution in [0.3, 0.4) is 0 Å². The number of fused-ring (bicyclic) bond motifs is 3. The van der Waals surface area contributed by atoms with Crippen molar-refractivity contribution in [2.75, 3.05) is 0 Å². The highest BCUT2D eigenvalue weighted by Gasteiger charge is 2.04. The molecule has 0 saturated heterocycles.